The van der Waals surface area contributed by atoms with E-state index in [1.165, 1.54) is 34.6 Å². The fraction of sp³-hybridized carbons (Fsp3) is 0.844. The summed E-state index contributed by atoms with van der Waals surface area (Å²) >= 11 is 0. The van der Waals surface area contributed by atoms with Gasteiger partial charge >= 0.3 is 29.8 Å². The summed E-state index contributed by atoms with van der Waals surface area (Å²) in [7, 11) is 0. The van der Waals surface area contributed by atoms with Crippen LogP contribution in [0.25, 0.3) is 0 Å². The van der Waals surface area contributed by atoms with Crippen molar-refractivity contribution in [2.24, 2.45) is 16.7 Å². The Bertz CT molecular complexity index is 1060. The van der Waals surface area contributed by atoms with Gasteiger partial charge in [-0.3, -0.25) is 24.0 Å². The van der Waals surface area contributed by atoms with Gasteiger partial charge in [0, 0.05) is 47.0 Å². The van der Waals surface area contributed by atoms with Crippen LogP contribution in [0.2, 0.25) is 0 Å². The Morgan fingerprint density at radius 3 is 1.59 bits per heavy atom. The molecular formula is C32H53NO13. The van der Waals surface area contributed by atoms with Gasteiger partial charge in [0.25, 0.3) is 0 Å². The van der Waals surface area contributed by atoms with Crippen molar-refractivity contribution in [1.29, 1.82) is 0 Å². The van der Waals surface area contributed by atoms with Crippen LogP contribution in [0.1, 0.15) is 88.5 Å². The smallest absolute Gasteiger partial charge is 0.322 e. The Labute approximate surface area is 271 Å². The molecule has 0 amide bonds. The zero-order valence-electron chi connectivity index (χ0n) is 29.1. The van der Waals surface area contributed by atoms with E-state index >= 15 is 0 Å². The van der Waals surface area contributed by atoms with Crippen molar-refractivity contribution in [3.05, 3.63) is 0 Å². The van der Waals surface area contributed by atoms with Crippen molar-refractivity contribution in [3.8, 4) is 0 Å². The molecule has 2 saturated heterocycles. The van der Waals surface area contributed by atoms with Crippen molar-refractivity contribution < 1.29 is 62.0 Å². The molecule has 14 nitrogen and oxygen atoms in total. The Balaban J connectivity index is 2.36. The van der Waals surface area contributed by atoms with Gasteiger partial charge in [0.05, 0.1) is 48.3 Å². The van der Waals surface area contributed by atoms with E-state index in [0.717, 1.165) is 0 Å². The topological polar surface area (TPSA) is 162 Å². The van der Waals surface area contributed by atoms with Gasteiger partial charge in [0.15, 0.2) is 5.79 Å². The molecule has 0 aromatic rings. The second kappa shape index (κ2) is 15.9. The first-order valence-corrected chi connectivity index (χ1v) is 15.7. The highest BCUT2D eigenvalue weighted by Gasteiger charge is 2.64. The maximum absolute atomic E-state index is 12.1. The molecule has 46 heavy (non-hydrogen) atoms. The normalized spacial score (nSPS) is 29.9. The van der Waals surface area contributed by atoms with Crippen LogP contribution in [-0.2, 0) is 62.0 Å². The molecule has 2 heterocycles. The fourth-order valence-electron chi connectivity index (χ4n) is 6.03. The summed E-state index contributed by atoms with van der Waals surface area (Å²) in [5.74, 6) is -3.92. The molecule has 2 aliphatic rings. The predicted molar refractivity (Wildman–Crippen MR) is 162 cm³/mol. The summed E-state index contributed by atoms with van der Waals surface area (Å²) in [6.45, 7) is 15.7. The molecule has 0 radical (unpaired) electrons. The SMILES string of the molecule is CCC1(C)CC2(OCC(COCC(COC(C)=O)(COC(C)=O)COC(C)=O)(COC(C)=O)CO2)C(C)C(C)(CC)N1OC(C)=O. The summed E-state index contributed by atoms with van der Waals surface area (Å²) in [4.78, 5) is 64.9. The molecule has 0 N–H and O–H groups in total. The molecule has 0 saturated carbocycles. The number of ether oxygens (including phenoxy) is 7. The van der Waals surface area contributed by atoms with Crippen LogP contribution in [0.3, 0.4) is 0 Å². The third-order valence-electron chi connectivity index (χ3n) is 9.26. The lowest BCUT2D eigenvalue weighted by Crippen LogP contribution is -2.74. The molecule has 2 aliphatic heterocycles. The quantitative estimate of drug-likeness (QED) is 0.186. The van der Waals surface area contributed by atoms with Gasteiger partial charge < -0.3 is 38.0 Å². The van der Waals surface area contributed by atoms with Gasteiger partial charge in [0.1, 0.15) is 26.4 Å². The lowest BCUT2D eigenvalue weighted by atomic mass is 9.67. The molecule has 3 atom stereocenters. The van der Waals surface area contributed by atoms with Crippen molar-refractivity contribution in [2.45, 2.75) is 105 Å². The highest BCUT2D eigenvalue weighted by Crippen LogP contribution is 2.54. The molecule has 2 rings (SSSR count). The summed E-state index contributed by atoms with van der Waals surface area (Å²) in [6, 6.07) is 0. The minimum Gasteiger partial charge on any atom is -0.465 e. The third-order valence-corrected chi connectivity index (χ3v) is 9.26. The highest BCUT2D eigenvalue weighted by atomic mass is 16.7. The van der Waals surface area contributed by atoms with Gasteiger partial charge in [-0.2, -0.15) is 0 Å². The van der Waals surface area contributed by atoms with Gasteiger partial charge in [-0.1, -0.05) is 20.8 Å². The summed E-state index contributed by atoms with van der Waals surface area (Å²) in [5.41, 5.74) is -3.40. The van der Waals surface area contributed by atoms with E-state index in [1.54, 1.807) is 0 Å². The standard InChI is InChI=1S/C32H53NO13/c1-11-28(9)13-32(22(3)29(10,12-2)33(28)46-27(8)38)44-20-31(21-45-32,19-43-26(7)37)15-39-14-30(16-40-23(4)34,17-41-24(5)35)18-42-25(6)36/h22H,11-21H2,1-10H3. The lowest BCUT2D eigenvalue weighted by Gasteiger charge is -2.63. The summed E-state index contributed by atoms with van der Waals surface area (Å²) in [6.07, 6.45) is 1.69. The lowest BCUT2D eigenvalue weighted by molar-refractivity contribution is -0.404. The van der Waals surface area contributed by atoms with Gasteiger partial charge in [-0.15, -0.1) is 5.06 Å². The largest absolute Gasteiger partial charge is 0.465 e. The molecule has 0 aromatic heterocycles. The molecule has 0 bridgehead atoms. The van der Waals surface area contributed by atoms with Gasteiger partial charge in [-0.05, 0) is 26.7 Å². The van der Waals surface area contributed by atoms with E-state index in [2.05, 4.69) is 0 Å². The summed E-state index contributed by atoms with van der Waals surface area (Å²) in [5, 5.41) is 1.81. The number of piperidine rings is 1. The number of nitrogens with zero attached hydrogens (tertiary/aromatic N) is 1. The zero-order chi connectivity index (χ0) is 35.0. The Morgan fingerprint density at radius 2 is 1.20 bits per heavy atom. The number of rotatable bonds is 15. The first-order chi connectivity index (χ1) is 21.3. The highest BCUT2D eigenvalue weighted by molar-refractivity contribution is 5.67. The van der Waals surface area contributed by atoms with Crippen molar-refractivity contribution in [1.82, 2.24) is 5.06 Å². The molecule has 0 aromatic carbocycles. The van der Waals surface area contributed by atoms with Crippen LogP contribution >= 0.6 is 0 Å². The maximum atomic E-state index is 12.1. The molecule has 14 heteroatoms. The Hall–Kier alpha value is -2.81. The minimum absolute atomic E-state index is 0.0254. The van der Waals surface area contributed by atoms with Crippen LogP contribution < -0.4 is 0 Å². The monoisotopic (exact) mass is 659 g/mol. The average Bonchev–Trinajstić information content (AvgIpc) is 2.99. The molecule has 3 unspecified atom stereocenters. The van der Waals surface area contributed by atoms with E-state index in [1.807, 2.05) is 39.7 Å². The number of carbonyl (C=O) groups excluding carboxylic acids is 5. The van der Waals surface area contributed by atoms with Crippen molar-refractivity contribution in [3.63, 3.8) is 0 Å². The minimum atomic E-state index is -1.22. The summed E-state index contributed by atoms with van der Waals surface area (Å²) < 4.78 is 40.7. The Kier molecular flexibility index (Phi) is 13.6. The third kappa shape index (κ3) is 9.61. The molecule has 1 spiro atoms. The Morgan fingerprint density at radius 1 is 0.717 bits per heavy atom. The first kappa shape index (κ1) is 39.4. The van der Waals surface area contributed by atoms with Gasteiger partial charge in [0.2, 0.25) is 0 Å². The van der Waals surface area contributed by atoms with Crippen molar-refractivity contribution in [2.75, 3.05) is 52.9 Å². The van der Waals surface area contributed by atoms with Crippen LogP contribution in [0.4, 0.5) is 0 Å². The van der Waals surface area contributed by atoms with E-state index in [4.69, 9.17) is 38.0 Å². The second-order valence-electron chi connectivity index (χ2n) is 13.3. The molecular weight excluding hydrogens is 606 g/mol. The van der Waals surface area contributed by atoms with Crippen LogP contribution in [0.15, 0.2) is 0 Å². The van der Waals surface area contributed by atoms with Crippen LogP contribution in [-0.4, -0.2) is 105 Å². The van der Waals surface area contributed by atoms with E-state index in [0.29, 0.717) is 19.3 Å². The van der Waals surface area contributed by atoms with E-state index in [-0.39, 0.29) is 58.8 Å². The van der Waals surface area contributed by atoms with Crippen molar-refractivity contribution >= 4 is 29.8 Å². The van der Waals surface area contributed by atoms with Crippen LogP contribution in [0, 0.1) is 16.7 Å². The van der Waals surface area contributed by atoms with E-state index in [9.17, 15) is 24.0 Å². The number of hydrogen-bond acceptors (Lipinski definition) is 14. The number of esters is 4. The zero-order valence-corrected chi connectivity index (χ0v) is 29.1. The average molecular weight is 660 g/mol. The number of hydrogen-bond donors (Lipinski definition) is 0. The van der Waals surface area contributed by atoms with Gasteiger partial charge in [-0.25, -0.2) is 0 Å². The molecule has 264 valence electrons. The number of carbonyl (C=O) groups is 5. The molecule has 2 fully saturated rings. The second-order valence-corrected chi connectivity index (χ2v) is 13.3. The predicted octanol–water partition coefficient (Wildman–Crippen LogP) is 3.13. The first-order valence-electron chi connectivity index (χ1n) is 15.7. The molecule has 0 aliphatic carbocycles. The maximum Gasteiger partial charge on any atom is 0.322 e. The van der Waals surface area contributed by atoms with E-state index < -0.39 is 57.5 Å². The number of hydroxylamine groups is 2. The van der Waals surface area contributed by atoms with Crippen LogP contribution in [0.5, 0.6) is 0 Å². The fourth-order valence-corrected chi connectivity index (χ4v) is 6.03.